The molecule has 0 spiro atoms. The number of carbonyl (C=O) groups excluding carboxylic acids is 4. The van der Waals surface area contributed by atoms with Gasteiger partial charge in [-0.25, -0.2) is 4.79 Å². The van der Waals surface area contributed by atoms with Gasteiger partial charge in [-0.3, -0.25) is 30.0 Å². The number of fused-ring (bicyclic) bond motifs is 1. The van der Waals surface area contributed by atoms with E-state index >= 15 is 0 Å². The minimum Gasteiger partial charge on any atom is -0.444 e. The minimum atomic E-state index is -0.657. The van der Waals surface area contributed by atoms with Crippen LogP contribution in [0.3, 0.4) is 0 Å². The Balaban J connectivity index is 1.18. The van der Waals surface area contributed by atoms with Gasteiger partial charge in [0.15, 0.2) is 0 Å². The summed E-state index contributed by atoms with van der Waals surface area (Å²) in [6, 6.07) is 8.35. The maximum atomic E-state index is 12.9. The molecular weight excluding hydrogens is 424 g/mol. The standard InChI is InChI=1S/C24H24N4O5/c1-24(8-9-24)19-6-4-16(11-25-19)26-23(32)33-13-14-2-3-15-12-28(22(31)17(15)10-14)18-5-7-20(29)27-21(18)30/h2-4,6,10-11,18H,5,7-9,12-13H2,1H3,(H,26,32)(H,27,29,30). The van der Waals surface area contributed by atoms with Gasteiger partial charge in [-0.15, -0.1) is 0 Å². The van der Waals surface area contributed by atoms with Crippen molar-refractivity contribution >= 4 is 29.5 Å². The molecule has 3 aliphatic rings. The number of hydrogen-bond acceptors (Lipinski definition) is 6. The first kappa shape index (κ1) is 21.1. The molecule has 2 fully saturated rings. The third-order valence-electron chi connectivity index (χ3n) is 6.59. The number of ether oxygens (including phenoxy) is 1. The Labute approximate surface area is 190 Å². The number of amides is 4. The molecule has 9 nitrogen and oxygen atoms in total. The summed E-state index contributed by atoms with van der Waals surface area (Å²) in [4.78, 5) is 54.5. The summed E-state index contributed by atoms with van der Waals surface area (Å²) in [5.74, 6) is -1.02. The second-order valence-corrected chi connectivity index (χ2v) is 9.09. The number of anilines is 1. The Morgan fingerprint density at radius 1 is 1.24 bits per heavy atom. The molecule has 1 saturated heterocycles. The molecule has 2 N–H and O–H groups in total. The first-order chi connectivity index (χ1) is 15.8. The van der Waals surface area contributed by atoms with Crippen LogP contribution in [0.1, 0.15) is 59.8 Å². The van der Waals surface area contributed by atoms with Gasteiger partial charge in [0.2, 0.25) is 11.8 Å². The second kappa shape index (κ2) is 7.99. The van der Waals surface area contributed by atoms with Crippen LogP contribution in [0.25, 0.3) is 0 Å². The maximum absolute atomic E-state index is 12.9. The highest BCUT2D eigenvalue weighted by Crippen LogP contribution is 2.46. The maximum Gasteiger partial charge on any atom is 0.412 e. The van der Waals surface area contributed by atoms with Crippen LogP contribution in [0.4, 0.5) is 10.5 Å². The van der Waals surface area contributed by atoms with Gasteiger partial charge >= 0.3 is 6.09 Å². The highest BCUT2D eigenvalue weighted by molar-refractivity contribution is 6.05. The van der Waals surface area contributed by atoms with Gasteiger partial charge in [-0.1, -0.05) is 19.1 Å². The van der Waals surface area contributed by atoms with Crippen LogP contribution in [0, 0.1) is 0 Å². The molecule has 1 aromatic carbocycles. The topological polar surface area (TPSA) is 118 Å². The van der Waals surface area contributed by atoms with Gasteiger partial charge in [-0.05, 0) is 48.6 Å². The number of benzene rings is 1. The van der Waals surface area contributed by atoms with Gasteiger partial charge in [0.1, 0.15) is 12.6 Å². The quantitative estimate of drug-likeness (QED) is 0.679. The molecule has 170 valence electrons. The molecule has 33 heavy (non-hydrogen) atoms. The predicted octanol–water partition coefficient (Wildman–Crippen LogP) is 2.64. The van der Waals surface area contributed by atoms with Crippen LogP contribution >= 0.6 is 0 Å². The average Bonchev–Trinajstić information content (AvgIpc) is 3.47. The fourth-order valence-electron chi connectivity index (χ4n) is 4.26. The Morgan fingerprint density at radius 2 is 2.06 bits per heavy atom. The van der Waals surface area contributed by atoms with E-state index in [1.54, 1.807) is 24.4 Å². The highest BCUT2D eigenvalue weighted by Gasteiger charge is 2.40. The van der Waals surface area contributed by atoms with E-state index in [0.717, 1.165) is 24.1 Å². The molecule has 1 unspecified atom stereocenters. The molecule has 4 amide bonds. The normalized spacial score (nSPS) is 20.8. The number of rotatable bonds is 5. The fourth-order valence-corrected chi connectivity index (χ4v) is 4.26. The summed E-state index contributed by atoms with van der Waals surface area (Å²) in [5, 5.41) is 4.95. The van der Waals surface area contributed by atoms with Gasteiger partial charge in [0.25, 0.3) is 5.91 Å². The predicted molar refractivity (Wildman–Crippen MR) is 117 cm³/mol. The second-order valence-electron chi connectivity index (χ2n) is 9.09. The molecule has 0 bridgehead atoms. The van der Waals surface area contributed by atoms with Gasteiger partial charge in [0, 0.05) is 29.6 Å². The molecule has 0 radical (unpaired) electrons. The van der Waals surface area contributed by atoms with E-state index < -0.39 is 18.0 Å². The van der Waals surface area contributed by atoms with Crippen LogP contribution in [0.5, 0.6) is 0 Å². The van der Waals surface area contributed by atoms with E-state index in [1.807, 2.05) is 12.1 Å². The zero-order valence-electron chi connectivity index (χ0n) is 18.2. The highest BCUT2D eigenvalue weighted by atomic mass is 16.5. The largest absolute Gasteiger partial charge is 0.444 e. The number of imide groups is 1. The molecule has 5 rings (SSSR count). The van der Waals surface area contributed by atoms with Crippen LogP contribution in [-0.2, 0) is 32.9 Å². The van der Waals surface area contributed by atoms with Gasteiger partial charge < -0.3 is 9.64 Å². The molecule has 2 aliphatic heterocycles. The number of nitrogens with one attached hydrogen (secondary N) is 2. The number of pyridine rings is 1. The lowest BCUT2D eigenvalue weighted by atomic mass is 10.0. The summed E-state index contributed by atoms with van der Waals surface area (Å²) >= 11 is 0. The van der Waals surface area contributed by atoms with E-state index in [-0.39, 0.29) is 30.3 Å². The van der Waals surface area contributed by atoms with Crippen molar-refractivity contribution in [1.82, 2.24) is 15.2 Å². The average molecular weight is 448 g/mol. The third kappa shape index (κ3) is 4.18. The van der Waals surface area contributed by atoms with E-state index in [0.29, 0.717) is 29.8 Å². The summed E-state index contributed by atoms with van der Waals surface area (Å²) in [6.45, 7) is 2.47. The first-order valence-electron chi connectivity index (χ1n) is 11.0. The van der Waals surface area contributed by atoms with Gasteiger partial charge in [-0.2, -0.15) is 0 Å². The van der Waals surface area contributed by atoms with Crippen molar-refractivity contribution < 1.29 is 23.9 Å². The SMILES string of the molecule is CC1(c2ccc(NC(=O)OCc3ccc4c(c3)C(=O)N(C3CCC(=O)NC3=O)C4)cn2)CC1. The number of piperidine rings is 1. The lowest BCUT2D eigenvalue weighted by Crippen LogP contribution is -2.52. The molecule has 1 atom stereocenters. The molecule has 3 heterocycles. The van der Waals surface area contributed by atoms with E-state index in [2.05, 4.69) is 22.5 Å². The summed E-state index contributed by atoms with van der Waals surface area (Å²) < 4.78 is 5.30. The van der Waals surface area contributed by atoms with Crippen molar-refractivity contribution in [3.05, 3.63) is 58.9 Å². The van der Waals surface area contributed by atoms with Crippen molar-refractivity contribution in [3.63, 3.8) is 0 Å². The van der Waals surface area contributed by atoms with Gasteiger partial charge in [0.05, 0.1) is 11.9 Å². The number of hydrogen-bond donors (Lipinski definition) is 2. The summed E-state index contributed by atoms with van der Waals surface area (Å²) in [7, 11) is 0. The molecule has 1 saturated carbocycles. The smallest absolute Gasteiger partial charge is 0.412 e. The van der Waals surface area contributed by atoms with Crippen molar-refractivity contribution in [2.24, 2.45) is 0 Å². The molecule has 2 aromatic rings. The number of nitrogens with zero attached hydrogens (tertiary/aromatic N) is 2. The van der Waals surface area contributed by atoms with E-state index in [9.17, 15) is 19.2 Å². The minimum absolute atomic E-state index is 0.00556. The molecule has 1 aliphatic carbocycles. The number of carbonyl (C=O) groups is 4. The molecular formula is C24H24N4O5. The monoisotopic (exact) mass is 448 g/mol. The summed E-state index contributed by atoms with van der Waals surface area (Å²) in [5.41, 5.74) is 3.69. The summed E-state index contributed by atoms with van der Waals surface area (Å²) in [6.07, 6.45) is 3.79. The third-order valence-corrected chi connectivity index (χ3v) is 6.59. The fraction of sp³-hybridized carbons (Fsp3) is 0.375. The van der Waals surface area contributed by atoms with Crippen molar-refractivity contribution in [3.8, 4) is 0 Å². The van der Waals surface area contributed by atoms with Crippen molar-refractivity contribution in [2.75, 3.05) is 5.32 Å². The Morgan fingerprint density at radius 3 is 2.76 bits per heavy atom. The molecule has 9 heteroatoms. The van der Waals surface area contributed by atoms with Crippen LogP contribution in [-0.4, -0.2) is 39.7 Å². The van der Waals surface area contributed by atoms with E-state index in [1.165, 1.54) is 4.90 Å². The lowest BCUT2D eigenvalue weighted by Gasteiger charge is -2.29. The van der Waals surface area contributed by atoms with Crippen molar-refractivity contribution in [2.45, 2.75) is 57.2 Å². The number of aromatic nitrogens is 1. The molecule has 1 aromatic heterocycles. The van der Waals surface area contributed by atoms with Crippen molar-refractivity contribution in [1.29, 1.82) is 0 Å². The van der Waals surface area contributed by atoms with Crippen LogP contribution < -0.4 is 10.6 Å². The lowest BCUT2D eigenvalue weighted by molar-refractivity contribution is -0.136. The van der Waals surface area contributed by atoms with E-state index in [4.69, 9.17) is 4.74 Å². The van der Waals surface area contributed by atoms with Crippen LogP contribution in [0.15, 0.2) is 36.5 Å². The Kier molecular flexibility index (Phi) is 5.11. The Bertz CT molecular complexity index is 1160. The Hall–Kier alpha value is -3.75. The zero-order valence-corrected chi connectivity index (χ0v) is 18.2. The first-order valence-corrected chi connectivity index (χ1v) is 11.0. The van der Waals surface area contributed by atoms with Crippen LogP contribution in [0.2, 0.25) is 0 Å². The zero-order chi connectivity index (χ0) is 23.2.